The lowest BCUT2D eigenvalue weighted by molar-refractivity contribution is -0.122. The summed E-state index contributed by atoms with van der Waals surface area (Å²) in [5.41, 5.74) is 0.123. The van der Waals surface area contributed by atoms with Crippen LogP contribution in [-0.4, -0.2) is 48.2 Å². The van der Waals surface area contributed by atoms with Gasteiger partial charge >= 0.3 is 0 Å². The van der Waals surface area contributed by atoms with E-state index in [1.807, 2.05) is 0 Å². The highest BCUT2D eigenvalue weighted by Crippen LogP contribution is 2.55. The Morgan fingerprint density at radius 3 is 2.52 bits per heavy atom. The van der Waals surface area contributed by atoms with E-state index in [2.05, 4.69) is 10.2 Å². The molecular weight excluding hydrogens is 336 g/mol. The quantitative estimate of drug-likeness (QED) is 0.743. The van der Waals surface area contributed by atoms with E-state index in [1.54, 1.807) is 0 Å². The van der Waals surface area contributed by atoms with Crippen molar-refractivity contribution < 1.29 is 9.53 Å². The van der Waals surface area contributed by atoms with Gasteiger partial charge in [0.2, 0.25) is 5.91 Å². The number of nitrogens with zero attached hydrogens (tertiary/aromatic N) is 1. The summed E-state index contributed by atoms with van der Waals surface area (Å²) in [4.78, 5) is 15.2. The van der Waals surface area contributed by atoms with Crippen LogP contribution in [-0.2, 0) is 9.53 Å². The summed E-state index contributed by atoms with van der Waals surface area (Å²) in [5.74, 6) is 2.12. The van der Waals surface area contributed by atoms with Gasteiger partial charge in [0.1, 0.15) is 0 Å². The minimum atomic E-state index is 0.123. The van der Waals surface area contributed by atoms with Gasteiger partial charge in [-0.05, 0) is 44.4 Å². The molecule has 1 N–H and O–H groups in total. The molecule has 2 bridgehead atoms. The molecule has 152 valence electrons. The minimum absolute atomic E-state index is 0.123. The predicted molar refractivity (Wildman–Crippen MR) is 106 cm³/mol. The Bertz CT molecular complexity index is 538. The fourth-order valence-corrected chi connectivity index (χ4v) is 7.18. The van der Waals surface area contributed by atoms with Crippen LogP contribution >= 0.6 is 0 Å². The van der Waals surface area contributed by atoms with E-state index >= 15 is 0 Å². The number of rotatable bonds is 5. The third-order valence-corrected chi connectivity index (χ3v) is 8.64. The van der Waals surface area contributed by atoms with Gasteiger partial charge in [-0.25, -0.2) is 0 Å². The lowest BCUT2D eigenvalue weighted by Gasteiger charge is -2.29. The van der Waals surface area contributed by atoms with E-state index in [1.165, 1.54) is 83.6 Å². The van der Waals surface area contributed by atoms with Crippen molar-refractivity contribution in [1.82, 2.24) is 10.2 Å². The van der Waals surface area contributed by atoms with Gasteiger partial charge in [-0.2, -0.15) is 0 Å². The fraction of sp³-hybridized carbons (Fsp3) is 0.957. The maximum Gasteiger partial charge on any atom is 0.220 e. The lowest BCUT2D eigenvalue weighted by Crippen LogP contribution is -2.42. The summed E-state index contributed by atoms with van der Waals surface area (Å²) in [6.45, 7) is 3.22. The number of nitrogens with one attached hydrogen (secondary N) is 1. The van der Waals surface area contributed by atoms with Crippen molar-refractivity contribution in [2.24, 2.45) is 17.8 Å². The zero-order chi connectivity index (χ0) is 18.3. The molecule has 5 rings (SSSR count). The van der Waals surface area contributed by atoms with Crippen molar-refractivity contribution in [2.75, 3.05) is 19.6 Å². The Morgan fingerprint density at radius 2 is 1.74 bits per heavy atom. The smallest absolute Gasteiger partial charge is 0.220 e. The average Bonchev–Trinajstić information content (AvgIpc) is 3.39. The van der Waals surface area contributed by atoms with Crippen molar-refractivity contribution in [2.45, 2.75) is 101 Å². The molecule has 2 aliphatic carbocycles. The molecule has 5 aliphatic rings. The molecule has 3 heterocycles. The first-order valence-electron chi connectivity index (χ1n) is 11.9. The monoisotopic (exact) mass is 374 g/mol. The van der Waals surface area contributed by atoms with E-state index in [0.717, 1.165) is 25.6 Å². The maximum absolute atomic E-state index is 12.4. The highest BCUT2D eigenvalue weighted by molar-refractivity contribution is 5.76. The van der Waals surface area contributed by atoms with Gasteiger partial charge in [-0.3, -0.25) is 9.69 Å². The van der Waals surface area contributed by atoms with Crippen LogP contribution in [0.25, 0.3) is 0 Å². The van der Waals surface area contributed by atoms with Crippen LogP contribution in [0.5, 0.6) is 0 Å². The van der Waals surface area contributed by atoms with Gasteiger partial charge in [-0.1, -0.05) is 38.5 Å². The van der Waals surface area contributed by atoms with Gasteiger partial charge in [0.25, 0.3) is 0 Å². The van der Waals surface area contributed by atoms with Gasteiger partial charge < -0.3 is 10.1 Å². The van der Waals surface area contributed by atoms with Crippen molar-refractivity contribution in [1.29, 1.82) is 0 Å². The van der Waals surface area contributed by atoms with Crippen molar-refractivity contribution in [3.05, 3.63) is 0 Å². The lowest BCUT2D eigenvalue weighted by atomic mass is 9.73. The Morgan fingerprint density at radius 1 is 1.00 bits per heavy atom. The number of ether oxygens (including phenoxy) is 1. The predicted octanol–water partition coefficient (Wildman–Crippen LogP) is 3.89. The molecule has 27 heavy (non-hydrogen) atoms. The summed E-state index contributed by atoms with van der Waals surface area (Å²) in [7, 11) is 0. The van der Waals surface area contributed by atoms with Crippen LogP contribution < -0.4 is 5.32 Å². The molecule has 0 aromatic carbocycles. The zero-order valence-electron chi connectivity index (χ0n) is 17.0. The Labute approximate surface area is 164 Å². The molecule has 5 fully saturated rings. The first kappa shape index (κ1) is 18.4. The van der Waals surface area contributed by atoms with E-state index in [-0.39, 0.29) is 11.5 Å². The number of likely N-dealkylation sites (tertiary alicyclic amines) is 1. The summed E-state index contributed by atoms with van der Waals surface area (Å²) in [6.07, 6.45) is 17.2. The first-order chi connectivity index (χ1) is 13.2. The standard InChI is InChI=1S/C23H38N2O2/c26-22(13-17-7-5-6-8-17)24-14-19-20-15-25(18-9-3-1-2-4-10-18)16-23(20)12-11-21(19)27-23/h17-21H,1-16H2,(H,24,26)/t19-,20+,21+,23+/m0/s1. The molecule has 1 spiro atoms. The highest BCUT2D eigenvalue weighted by Gasteiger charge is 2.63. The van der Waals surface area contributed by atoms with Crippen molar-refractivity contribution in [3.63, 3.8) is 0 Å². The summed E-state index contributed by atoms with van der Waals surface area (Å²) < 4.78 is 6.62. The molecule has 0 aromatic heterocycles. The van der Waals surface area contributed by atoms with Gasteiger partial charge in [-0.15, -0.1) is 0 Å². The normalized spacial score (nSPS) is 40.4. The number of fused-ring (bicyclic) bond motifs is 1. The van der Waals surface area contributed by atoms with E-state index in [0.29, 0.717) is 23.9 Å². The summed E-state index contributed by atoms with van der Waals surface area (Å²) in [6, 6.07) is 0.785. The summed E-state index contributed by atoms with van der Waals surface area (Å²) >= 11 is 0. The average molecular weight is 375 g/mol. The fourth-order valence-electron chi connectivity index (χ4n) is 7.18. The Hall–Kier alpha value is -0.610. The van der Waals surface area contributed by atoms with Gasteiger partial charge in [0, 0.05) is 43.9 Å². The largest absolute Gasteiger partial charge is 0.370 e. The second kappa shape index (κ2) is 7.67. The second-order valence-electron chi connectivity index (χ2n) is 10.3. The third kappa shape index (κ3) is 3.57. The zero-order valence-corrected chi connectivity index (χ0v) is 17.0. The summed E-state index contributed by atoms with van der Waals surface area (Å²) in [5, 5.41) is 3.31. The Balaban J connectivity index is 1.18. The number of carbonyl (C=O) groups is 1. The SMILES string of the molecule is O=C(CC1CCCC1)NC[C@H]1[C@H]2CN(C3CCCCCC3)C[C@]23CC[C@H]1O3. The van der Waals surface area contributed by atoms with Crippen LogP contribution in [0.2, 0.25) is 0 Å². The molecule has 3 saturated heterocycles. The molecule has 0 unspecified atom stereocenters. The van der Waals surface area contributed by atoms with E-state index < -0.39 is 0 Å². The number of carbonyl (C=O) groups excluding carboxylic acids is 1. The number of amides is 1. The molecule has 2 saturated carbocycles. The van der Waals surface area contributed by atoms with Crippen LogP contribution in [0.15, 0.2) is 0 Å². The molecule has 4 heteroatoms. The molecule has 4 nitrogen and oxygen atoms in total. The molecule has 0 aromatic rings. The van der Waals surface area contributed by atoms with Crippen LogP contribution in [0, 0.1) is 17.8 Å². The molecule has 1 amide bonds. The van der Waals surface area contributed by atoms with Gasteiger partial charge in [0.15, 0.2) is 0 Å². The van der Waals surface area contributed by atoms with Gasteiger partial charge in [0.05, 0.1) is 11.7 Å². The van der Waals surface area contributed by atoms with Crippen molar-refractivity contribution in [3.8, 4) is 0 Å². The second-order valence-corrected chi connectivity index (χ2v) is 10.3. The van der Waals surface area contributed by atoms with Crippen LogP contribution in [0.1, 0.15) is 83.5 Å². The molecule has 4 atom stereocenters. The van der Waals surface area contributed by atoms with E-state index in [4.69, 9.17) is 4.74 Å². The highest BCUT2D eigenvalue weighted by atomic mass is 16.5. The number of hydrogen-bond acceptors (Lipinski definition) is 3. The first-order valence-corrected chi connectivity index (χ1v) is 11.9. The molecule has 3 aliphatic heterocycles. The van der Waals surface area contributed by atoms with Crippen molar-refractivity contribution >= 4 is 5.91 Å². The maximum atomic E-state index is 12.4. The molecule has 0 radical (unpaired) electrons. The van der Waals surface area contributed by atoms with Crippen LogP contribution in [0.3, 0.4) is 0 Å². The topological polar surface area (TPSA) is 41.6 Å². The Kier molecular flexibility index (Phi) is 5.23. The third-order valence-electron chi connectivity index (χ3n) is 8.64. The van der Waals surface area contributed by atoms with E-state index in [9.17, 15) is 4.79 Å². The minimum Gasteiger partial charge on any atom is -0.370 e. The van der Waals surface area contributed by atoms with Crippen LogP contribution in [0.4, 0.5) is 0 Å². The molecular formula is C23H38N2O2. The number of hydrogen-bond donors (Lipinski definition) is 1.